The number of aryl methyl sites for hydroxylation is 1. The van der Waals surface area contributed by atoms with E-state index in [0.717, 1.165) is 11.6 Å². The van der Waals surface area contributed by atoms with Gasteiger partial charge in [0.15, 0.2) is 0 Å². The number of aromatic nitrogens is 1. The molecule has 8 heteroatoms. The molecule has 0 atom stereocenters. The molecule has 0 spiro atoms. The van der Waals surface area contributed by atoms with Crippen LogP contribution >= 0.6 is 0 Å². The van der Waals surface area contributed by atoms with Crippen molar-refractivity contribution in [3.63, 3.8) is 0 Å². The Hall–Kier alpha value is -2.48. The molecule has 0 unspecified atom stereocenters. The largest absolute Gasteiger partial charge is 0.363 e. The highest BCUT2D eigenvalue weighted by molar-refractivity contribution is 7.91. The Bertz CT molecular complexity index is 814. The second kappa shape index (κ2) is 5.72. The van der Waals surface area contributed by atoms with E-state index in [9.17, 15) is 18.5 Å². The van der Waals surface area contributed by atoms with Gasteiger partial charge in [0.05, 0.1) is 9.82 Å². The van der Waals surface area contributed by atoms with Gasteiger partial charge in [-0.15, -0.1) is 0 Å². The zero-order valence-electron chi connectivity index (χ0n) is 12.3. The van der Waals surface area contributed by atoms with Gasteiger partial charge in [-0.05, 0) is 25.1 Å². The van der Waals surface area contributed by atoms with Gasteiger partial charge in [0.1, 0.15) is 5.82 Å². The number of hydrogen-bond donors (Lipinski definition) is 0. The lowest BCUT2D eigenvalue weighted by atomic mass is 10.2. The van der Waals surface area contributed by atoms with Crippen LogP contribution in [-0.4, -0.2) is 32.4 Å². The maximum absolute atomic E-state index is 12.7. The normalized spacial score (nSPS) is 11.2. The molecule has 0 amide bonds. The number of pyridine rings is 1. The third kappa shape index (κ3) is 2.91. The summed E-state index contributed by atoms with van der Waals surface area (Å²) in [5, 5.41) is 10.6. The van der Waals surface area contributed by atoms with Crippen LogP contribution in [0.3, 0.4) is 0 Å². The van der Waals surface area contributed by atoms with Crippen molar-refractivity contribution in [1.29, 1.82) is 0 Å². The van der Waals surface area contributed by atoms with E-state index < -0.39 is 25.5 Å². The van der Waals surface area contributed by atoms with Gasteiger partial charge >= 0.3 is 5.69 Å². The molecule has 0 aliphatic carbocycles. The third-order valence-electron chi connectivity index (χ3n) is 3.07. The van der Waals surface area contributed by atoms with E-state index >= 15 is 0 Å². The smallest absolute Gasteiger partial charge is 0.307 e. The van der Waals surface area contributed by atoms with Crippen LogP contribution in [0.1, 0.15) is 5.56 Å². The van der Waals surface area contributed by atoms with E-state index in [4.69, 9.17) is 0 Å². The Morgan fingerprint density at radius 2 is 1.68 bits per heavy atom. The number of anilines is 1. The minimum absolute atomic E-state index is 0.0235. The van der Waals surface area contributed by atoms with Crippen molar-refractivity contribution in [3.05, 3.63) is 52.1 Å². The molecule has 0 saturated heterocycles. The average molecular weight is 321 g/mol. The first kappa shape index (κ1) is 15.9. The van der Waals surface area contributed by atoms with Crippen molar-refractivity contribution >= 4 is 21.3 Å². The number of hydrogen-bond acceptors (Lipinski definition) is 6. The van der Waals surface area contributed by atoms with Crippen LogP contribution in [0.5, 0.6) is 0 Å². The summed E-state index contributed by atoms with van der Waals surface area (Å²) in [6, 6.07) is 8.66. The second-order valence-corrected chi connectivity index (χ2v) is 6.83. The van der Waals surface area contributed by atoms with Crippen LogP contribution < -0.4 is 4.90 Å². The summed E-state index contributed by atoms with van der Waals surface area (Å²) in [6.45, 7) is 1.82. The van der Waals surface area contributed by atoms with Crippen LogP contribution in [0.4, 0.5) is 11.5 Å². The summed E-state index contributed by atoms with van der Waals surface area (Å²) >= 11 is 0. The van der Waals surface area contributed by atoms with Crippen LogP contribution in [0, 0.1) is 17.0 Å². The van der Waals surface area contributed by atoms with E-state index in [2.05, 4.69) is 4.98 Å². The van der Waals surface area contributed by atoms with Gasteiger partial charge in [-0.2, -0.15) is 0 Å². The lowest BCUT2D eigenvalue weighted by Crippen LogP contribution is -2.14. The van der Waals surface area contributed by atoms with Gasteiger partial charge in [0, 0.05) is 20.2 Å². The molecule has 0 N–H and O–H groups in total. The van der Waals surface area contributed by atoms with Crippen molar-refractivity contribution in [2.45, 2.75) is 16.8 Å². The van der Waals surface area contributed by atoms with Crippen LogP contribution in [0.25, 0.3) is 0 Å². The van der Waals surface area contributed by atoms with E-state index in [-0.39, 0.29) is 4.90 Å². The number of benzene rings is 1. The van der Waals surface area contributed by atoms with Crippen molar-refractivity contribution < 1.29 is 13.3 Å². The molecular formula is C14H15N3O4S. The highest BCUT2D eigenvalue weighted by Crippen LogP contribution is 2.29. The topological polar surface area (TPSA) is 93.4 Å². The Balaban J connectivity index is 2.70. The van der Waals surface area contributed by atoms with Crippen molar-refractivity contribution in [2.75, 3.05) is 19.0 Å². The summed E-state index contributed by atoms with van der Waals surface area (Å²) in [4.78, 5) is 15.9. The van der Waals surface area contributed by atoms with Gasteiger partial charge in [-0.3, -0.25) is 10.1 Å². The van der Waals surface area contributed by atoms with Gasteiger partial charge in [0.25, 0.3) is 0 Å². The molecule has 0 fully saturated rings. The number of nitrogens with zero attached hydrogens (tertiary/aromatic N) is 3. The summed E-state index contributed by atoms with van der Waals surface area (Å²) < 4.78 is 25.3. The molecule has 2 aromatic rings. The van der Waals surface area contributed by atoms with E-state index in [1.54, 1.807) is 31.1 Å². The predicted molar refractivity (Wildman–Crippen MR) is 81.8 cm³/mol. The molecule has 0 radical (unpaired) electrons. The fourth-order valence-corrected chi connectivity index (χ4v) is 3.19. The average Bonchev–Trinajstić information content (AvgIpc) is 2.46. The van der Waals surface area contributed by atoms with Crippen LogP contribution in [0.15, 0.2) is 46.3 Å². The van der Waals surface area contributed by atoms with Crippen molar-refractivity contribution in [3.8, 4) is 0 Å². The Morgan fingerprint density at radius 1 is 1.09 bits per heavy atom. The molecule has 1 heterocycles. The van der Waals surface area contributed by atoms with Crippen molar-refractivity contribution in [1.82, 2.24) is 4.98 Å². The molecule has 0 aliphatic heterocycles. The molecule has 22 heavy (non-hydrogen) atoms. The van der Waals surface area contributed by atoms with Gasteiger partial charge in [-0.1, -0.05) is 17.7 Å². The van der Waals surface area contributed by atoms with Crippen LogP contribution in [-0.2, 0) is 9.84 Å². The molecule has 1 aromatic carbocycles. The van der Waals surface area contributed by atoms with E-state index in [1.165, 1.54) is 18.2 Å². The molecule has 0 bridgehead atoms. The van der Waals surface area contributed by atoms with Gasteiger partial charge in [0.2, 0.25) is 14.9 Å². The highest BCUT2D eigenvalue weighted by atomic mass is 32.2. The molecule has 7 nitrogen and oxygen atoms in total. The number of sulfone groups is 1. The zero-order valence-corrected chi connectivity index (χ0v) is 13.2. The zero-order chi connectivity index (χ0) is 16.5. The molecule has 116 valence electrons. The SMILES string of the molecule is Cc1ccc(S(=O)(=O)c2nc(N(C)C)ccc2[N+](=O)[O-])cc1. The minimum atomic E-state index is -4.07. The van der Waals surface area contributed by atoms with E-state index in [1.807, 2.05) is 6.92 Å². The molecular weight excluding hydrogens is 306 g/mol. The maximum atomic E-state index is 12.7. The third-order valence-corrected chi connectivity index (χ3v) is 4.77. The Kier molecular flexibility index (Phi) is 4.14. The second-order valence-electron chi connectivity index (χ2n) is 4.96. The van der Waals surface area contributed by atoms with Gasteiger partial charge < -0.3 is 4.90 Å². The Labute approximate surface area is 128 Å². The lowest BCUT2D eigenvalue weighted by molar-refractivity contribution is -0.388. The minimum Gasteiger partial charge on any atom is -0.363 e. The number of rotatable bonds is 4. The highest BCUT2D eigenvalue weighted by Gasteiger charge is 2.30. The summed E-state index contributed by atoms with van der Waals surface area (Å²) in [5.41, 5.74) is 0.356. The first-order valence-electron chi connectivity index (χ1n) is 6.38. The maximum Gasteiger partial charge on any atom is 0.307 e. The lowest BCUT2D eigenvalue weighted by Gasteiger charge is -2.12. The van der Waals surface area contributed by atoms with E-state index in [0.29, 0.717) is 5.82 Å². The van der Waals surface area contributed by atoms with Gasteiger partial charge in [-0.25, -0.2) is 13.4 Å². The fraction of sp³-hybridized carbons (Fsp3) is 0.214. The quantitative estimate of drug-likeness (QED) is 0.633. The molecule has 0 saturated carbocycles. The molecule has 1 aromatic heterocycles. The van der Waals surface area contributed by atoms with Crippen LogP contribution in [0.2, 0.25) is 0 Å². The summed E-state index contributed by atoms with van der Waals surface area (Å²) in [7, 11) is -0.713. The molecule has 0 aliphatic rings. The monoisotopic (exact) mass is 321 g/mol. The van der Waals surface area contributed by atoms with Crippen molar-refractivity contribution in [2.24, 2.45) is 0 Å². The standard InChI is InChI=1S/C14H15N3O4S/c1-10-4-6-11(7-5-10)22(20,21)14-12(17(18)19)8-9-13(15-14)16(2)3/h4-9H,1-3H3. The summed E-state index contributed by atoms with van der Waals surface area (Å²) in [5.74, 6) is 0.330. The Morgan fingerprint density at radius 3 is 2.18 bits per heavy atom. The predicted octanol–water partition coefficient (Wildman–Crippen LogP) is 2.20. The first-order valence-corrected chi connectivity index (χ1v) is 7.86. The number of nitro groups is 1. The first-order chi connectivity index (χ1) is 10.2. The molecule has 2 rings (SSSR count). The fourth-order valence-electron chi connectivity index (χ4n) is 1.84. The summed E-state index contributed by atoms with van der Waals surface area (Å²) in [6.07, 6.45) is 0.